The van der Waals surface area contributed by atoms with Gasteiger partial charge in [0.15, 0.2) is 5.84 Å². The summed E-state index contributed by atoms with van der Waals surface area (Å²) in [6.45, 7) is 3.86. The second kappa shape index (κ2) is 6.17. The number of pyridine rings is 1. The Morgan fingerprint density at radius 3 is 2.58 bits per heavy atom. The molecule has 0 aliphatic carbocycles. The molecule has 6 nitrogen and oxygen atoms in total. The van der Waals surface area contributed by atoms with Crippen molar-refractivity contribution in [1.29, 1.82) is 5.41 Å². The Morgan fingerprint density at radius 1 is 1.25 bits per heavy atom. The second-order valence-corrected chi connectivity index (χ2v) is 5.41. The molecule has 0 radical (unpaired) electrons. The summed E-state index contributed by atoms with van der Waals surface area (Å²) in [7, 11) is 0. The molecule has 0 saturated heterocycles. The van der Waals surface area contributed by atoms with Gasteiger partial charge in [-0.25, -0.2) is 4.98 Å². The lowest BCUT2D eigenvalue weighted by Crippen LogP contribution is -2.20. The van der Waals surface area contributed by atoms with E-state index >= 15 is 0 Å². The van der Waals surface area contributed by atoms with Gasteiger partial charge in [0, 0.05) is 17.3 Å². The maximum atomic E-state index is 9.56. The summed E-state index contributed by atoms with van der Waals surface area (Å²) >= 11 is 0. The number of hydroxylamine groups is 1. The van der Waals surface area contributed by atoms with E-state index in [2.05, 4.69) is 4.98 Å². The third-order valence-corrected chi connectivity index (χ3v) is 4.00. The van der Waals surface area contributed by atoms with Crippen molar-refractivity contribution in [3.63, 3.8) is 0 Å². The minimum Gasteiger partial charge on any atom is -0.508 e. The first-order valence-corrected chi connectivity index (χ1v) is 7.49. The SMILES string of the molecule is C/C=C(\C)c1c(C(=N)NO)c2cccnc2n1-c1ccc(O)cc1. The molecule has 0 saturated carbocycles. The van der Waals surface area contributed by atoms with Gasteiger partial charge in [0.1, 0.15) is 11.4 Å². The molecule has 0 spiro atoms. The number of hydrogen-bond donors (Lipinski definition) is 4. The monoisotopic (exact) mass is 322 g/mol. The molecule has 0 aliphatic rings. The van der Waals surface area contributed by atoms with Crippen LogP contribution in [0.25, 0.3) is 22.3 Å². The fraction of sp³-hybridized carbons (Fsp3) is 0.111. The van der Waals surface area contributed by atoms with Crippen LogP contribution < -0.4 is 5.48 Å². The third-order valence-electron chi connectivity index (χ3n) is 4.00. The van der Waals surface area contributed by atoms with Gasteiger partial charge < -0.3 is 5.11 Å². The van der Waals surface area contributed by atoms with Gasteiger partial charge in [0.25, 0.3) is 0 Å². The highest BCUT2D eigenvalue weighted by Crippen LogP contribution is 2.33. The molecular weight excluding hydrogens is 304 g/mol. The van der Waals surface area contributed by atoms with Gasteiger partial charge in [0.2, 0.25) is 0 Å². The number of fused-ring (bicyclic) bond motifs is 1. The molecule has 0 atom stereocenters. The molecule has 3 aromatic rings. The van der Waals surface area contributed by atoms with Crippen LogP contribution >= 0.6 is 0 Å². The summed E-state index contributed by atoms with van der Waals surface area (Å²) in [5.74, 6) is 0.0826. The number of benzene rings is 1. The van der Waals surface area contributed by atoms with Crippen LogP contribution in [0.4, 0.5) is 0 Å². The molecule has 0 fully saturated rings. The van der Waals surface area contributed by atoms with E-state index in [9.17, 15) is 10.3 Å². The van der Waals surface area contributed by atoms with Crippen LogP contribution in [0.15, 0.2) is 48.7 Å². The van der Waals surface area contributed by atoms with E-state index in [-0.39, 0.29) is 11.6 Å². The molecule has 24 heavy (non-hydrogen) atoms. The average molecular weight is 322 g/mol. The normalized spacial score (nSPS) is 11.7. The van der Waals surface area contributed by atoms with Crippen molar-refractivity contribution < 1.29 is 10.3 Å². The zero-order valence-corrected chi connectivity index (χ0v) is 13.4. The van der Waals surface area contributed by atoms with Gasteiger partial charge in [-0.2, -0.15) is 0 Å². The van der Waals surface area contributed by atoms with Gasteiger partial charge in [0.05, 0.1) is 11.3 Å². The lowest BCUT2D eigenvalue weighted by molar-refractivity contribution is 0.234. The second-order valence-electron chi connectivity index (χ2n) is 5.41. The highest BCUT2D eigenvalue weighted by molar-refractivity contribution is 6.11. The molecule has 2 aromatic heterocycles. The van der Waals surface area contributed by atoms with E-state index < -0.39 is 0 Å². The lowest BCUT2D eigenvalue weighted by Gasteiger charge is -2.12. The number of allylic oxidation sites excluding steroid dienone is 2. The predicted octanol–water partition coefficient (Wildman–Crippen LogP) is 3.46. The van der Waals surface area contributed by atoms with E-state index in [1.165, 1.54) is 0 Å². The number of nitrogens with zero attached hydrogens (tertiary/aromatic N) is 2. The van der Waals surface area contributed by atoms with Crippen molar-refractivity contribution in [2.24, 2.45) is 0 Å². The maximum Gasteiger partial charge on any atom is 0.152 e. The Hall–Kier alpha value is -3.12. The van der Waals surface area contributed by atoms with Crippen molar-refractivity contribution in [3.05, 3.63) is 59.9 Å². The van der Waals surface area contributed by atoms with Crippen LogP contribution in [0.1, 0.15) is 25.1 Å². The first-order chi connectivity index (χ1) is 11.6. The summed E-state index contributed by atoms with van der Waals surface area (Å²) in [4.78, 5) is 4.46. The van der Waals surface area contributed by atoms with Crippen molar-refractivity contribution in [2.45, 2.75) is 13.8 Å². The summed E-state index contributed by atoms with van der Waals surface area (Å²) < 4.78 is 1.92. The van der Waals surface area contributed by atoms with Gasteiger partial charge in [-0.3, -0.25) is 20.7 Å². The molecular formula is C18H18N4O2. The number of phenolic OH excluding ortho intramolecular Hbond substituents is 1. The van der Waals surface area contributed by atoms with E-state index in [0.717, 1.165) is 22.3 Å². The minimum absolute atomic E-state index is 0.0956. The number of amidine groups is 1. The number of hydrogen-bond acceptors (Lipinski definition) is 4. The van der Waals surface area contributed by atoms with E-state index in [1.807, 2.05) is 36.0 Å². The molecule has 0 amide bonds. The number of aromatic hydroxyl groups is 1. The molecule has 0 aliphatic heterocycles. The number of phenols is 1. The molecule has 4 N–H and O–H groups in total. The summed E-state index contributed by atoms with van der Waals surface area (Å²) in [5, 5.41) is 27.7. The Labute approximate surface area is 139 Å². The molecule has 6 heteroatoms. The first kappa shape index (κ1) is 15.8. The maximum absolute atomic E-state index is 9.56. The molecule has 2 heterocycles. The molecule has 0 bridgehead atoms. The standard InChI is InChI=1S/C18H18N4O2/c1-3-11(2)16-15(17(19)21-24)14-5-4-10-20-18(14)22(16)12-6-8-13(23)9-7-12/h3-10,23-24H,1-2H3,(H2,19,21)/b11-3+. The smallest absolute Gasteiger partial charge is 0.152 e. The van der Waals surface area contributed by atoms with E-state index in [0.29, 0.717) is 11.2 Å². The van der Waals surface area contributed by atoms with Gasteiger partial charge >= 0.3 is 0 Å². The molecule has 0 unspecified atom stereocenters. The van der Waals surface area contributed by atoms with Crippen molar-refractivity contribution in [1.82, 2.24) is 15.0 Å². The minimum atomic E-state index is -0.0956. The highest BCUT2D eigenvalue weighted by atomic mass is 16.5. The van der Waals surface area contributed by atoms with Crippen LogP contribution in [0.3, 0.4) is 0 Å². The molecule has 122 valence electrons. The number of rotatable bonds is 3. The van der Waals surface area contributed by atoms with E-state index in [4.69, 9.17) is 5.41 Å². The van der Waals surface area contributed by atoms with E-state index in [1.54, 1.807) is 36.5 Å². The fourth-order valence-electron chi connectivity index (χ4n) is 2.79. The Morgan fingerprint density at radius 2 is 1.96 bits per heavy atom. The van der Waals surface area contributed by atoms with Gasteiger partial charge in [-0.05, 0) is 55.8 Å². The van der Waals surface area contributed by atoms with Crippen molar-refractivity contribution in [2.75, 3.05) is 0 Å². The largest absolute Gasteiger partial charge is 0.508 e. The van der Waals surface area contributed by atoms with Gasteiger partial charge in [-0.15, -0.1) is 0 Å². The van der Waals surface area contributed by atoms with Crippen LogP contribution in [-0.4, -0.2) is 25.7 Å². The Bertz CT molecular complexity index is 940. The van der Waals surface area contributed by atoms with Crippen molar-refractivity contribution >= 4 is 22.4 Å². The fourth-order valence-corrected chi connectivity index (χ4v) is 2.79. The van der Waals surface area contributed by atoms with Crippen LogP contribution in [-0.2, 0) is 0 Å². The van der Waals surface area contributed by atoms with Crippen LogP contribution in [0, 0.1) is 5.41 Å². The highest BCUT2D eigenvalue weighted by Gasteiger charge is 2.22. The van der Waals surface area contributed by atoms with Gasteiger partial charge in [-0.1, -0.05) is 6.08 Å². The van der Waals surface area contributed by atoms with Crippen LogP contribution in [0.5, 0.6) is 5.75 Å². The summed E-state index contributed by atoms with van der Waals surface area (Å²) in [6, 6.07) is 10.5. The Balaban J connectivity index is 2.47. The summed E-state index contributed by atoms with van der Waals surface area (Å²) in [5.41, 5.74) is 5.71. The number of nitrogens with one attached hydrogen (secondary N) is 2. The summed E-state index contributed by atoms with van der Waals surface area (Å²) in [6.07, 6.45) is 3.63. The lowest BCUT2D eigenvalue weighted by atomic mass is 10.1. The average Bonchev–Trinajstić information content (AvgIpc) is 2.96. The quantitative estimate of drug-likeness (QED) is 0.337. The Kier molecular flexibility index (Phi) is 4.05. The topological polar surface area (TPSA) is 94.2 Å². The van der Waals surface area contributed by atoms with Crippen molar-refractivity contribution in [3.8, 4) is 11.4 Å². The first-order valence-electron chi connectivity index (χ1n) is 7.49. The zero-order valence-electron chi connectivity index (χ0n) is 13.4. The third kappa shape index (κ3) is 2.43. The number of aromatic nitrogens is 2. The predicted molar refractivity (Wildman–Crippen MR) is 93.8 cm³/mol. The molecule has 3 rings (SSSR count). The van der Waals surface area contributed by atoms with Crippen LogP contribution in [0.2, 0.25) is 0 Å². The zero-order chi connectivity index (χ0) is 17.3. The molecule has 1 aromatic carbocycles.